The van der Waals surface area contributed by atoms with Gasteiger partial charge in [0.25, 0.3) is 0 Å². The van der Waals surface area contributed by atoms with Crippen molar-refractivity contribution in [2.75, 3.05) is 34.8 Å². The average Bonchev–Trinajstić information content (AvgIpc) is 3.75. The first-order chi connectivity index (χ1) is 19.4. The van der Waals surface area contributed by atoms with Gasteiger partial charge in [0.1, 0.15) is 17.4 Å². The monoisotopic (exact) mass is 588 g/mol. The number of hydrogen-bond donors (Lipinski definition) is 1. The molecule has 0 atom stereocenters. The van der Waals surface area contributed by atoms with Gasteiger partial charge in [0, 0.05) is 62.1 Å². The van der Waals surface area contributed by atoms with Gasteiger partial charge in [-0.05, 0) is 48.2 Å². The molecule has 5 rings (SSSR count). The number of rotatable bonds is 9. The Morgan fingerprint density at radius 2 is 1.71 bits per heavy atom. The maximum Gasteiger partial charge on any atom is 0.416 e. The van der Waals surface area contributed by atoms with Crippen molar-refractivity contribution in [2.45, 2.75) is 31.9 Å². The van der Waals surface area contributed by atoms with Gasteiger partial charge in [-0.2, -0.15) is 13.2 Å². The van der Waals surface area contributed by atoms with Gasteiger partial charge >= 0.3 is 6.18 Å². The second kappa shape index (κ2) is 11.5. The van der Waals surface area contributed by atoms with Gasteiger partial charge in [-0.15, -0.1) is 0 Å². The maximum atomic E-state index is 13.6. The molecule has 9 nitrogen and oxygen atoms in total. The van der Waals surface area contributed by atoms with Gasteiger partial charge in [0.2, 0.25) is 11.8 Å². The van der Waals surface area contributed by atoms with Gasteiger partial charge in [-0.25, -0.2) is 18.4 Å². The highest BCUT2D eigenvalue weighted by molar-refractivity contribution is 7.91. The third-order valence-electron chi connectivity index (χ3n) is 6.77. The molecule has 1 amide bonds. The summed E-state index contributed by atoms with van der Waals surface area (Å²) in [5.41, 5.74) is 0.110. The summed E-state index contributed by atoms with van der Waals surface area (Å²) in [6.45, 7) is 0.181. The first-order valence-corrected chi connectivity index (χ1v) is 14.8. The first-order valence-electron chi connectivity index (χ1n) is 13.0. The van der Waals surface area contributed by atoms with Crippen LogP contribution < -0.4 is 15.0 Å². The van der Waals surface area contributed by atoms with Gasteiger partial charge in [-0.3, -0.25) is 9.59 Å². The number of carbonyl (C=O) groups excluding carboxylic acids is 2. The van der Waals surface area contributed by atoms with E-state index < -0.39 is 21.6 Å². The predicted octanol–water partition coefficient (Wildman–Crippen LogP) is 4.23. The maximum absolute atomic E-state index is 13.6. The van der Waals surface area contributed by atoms with E-state index in [2.05, 4.69) is 15.3 Å². The molecule has 0 spiro atoms. The molecular formula is C28H27F3N4O5S. The van der Waals surface area contributed by atoms with Crippen molar-refractivity contribution in [3.8, 4) is 11.6 Å². The number of alkyl halides is 3. The Kier molecular flexibility index (Phi) is 7.98. The van der Waals surface area contributed by atoms with E-state index in [9.17, 15) is 31.2 Å². The fourth-order valence-electron chi connectivity index (χ4n) is 4.42. The lowest BCUT2D eigenvalue weighted by Crippen LogP contribution is -2.40. The van der Waals surface area contributed by atoms with Crippen molar-refractivity contribution < 1.29 is 35.9 Å². The molecule has 41 heavy (non-hydrogen) atoms. The van der Waals surface area contributed by atoms with Gasteiger partial charge in [0.05, 0.1) is 17.1 Å². The Labute approximate surface area is 234 Å². The molecule has 2 fully saturated rings. The number of nitrogens with one attached hydrogen (secondary N) is 1. The number of hydrogen-bond acceptors (Lipinski definition) is 8. The molecule has 2 aromatic heterocycles. The molecule has 2 aliphatic rings. The SMILES string of the molecule is O=C(Cc1ccc(Oc2ccnc(NC(=O)C3CC3)c2)nc1)Cc1cc(N2CCS(=O)(=O)CC2)cc(C(F)(F)F)c1. The van der Waals surface area contributed by atoms with Crippen LogP contribution in [0.4, 0.5) is 24.7 Å². The molecule has 0 radical (unpaired) electrons. The van der Waals surface area contributed by atoms with E-state index in [1.807, 2.05) is 0 Å². The van der Waals surface area contributed by atoms with E-state index in [4.69, 9.17) is 4.74 Å². The topological polar surface area (TPSA) is 119 Å². The number of anilines is 2. The third kappa shape index (κ3) is 7.81. The van der Waals surface area contributed by atoms with Crippen LogP contribution in [0.2, 0.25) is 0 Å². The van der Waals surface area contributed by atoms with E-state index in [1.165, 1.54) is 18.5 Å². The molecule has 1 aliphatic heterocycles. The highest BCUT2D eigenvalue weighted by Crippen LogP contribution is 2.34. The number of halogens is 3. The van der Waals surface area contributed by atoms with Crippen LogP contribution in [0.25, 0.3) is 0 Å². The molecule has 0 bridgehead atoms. The Balaban J connectivity index is 1.21. The third-order valence-corrected chi connectivity index (χ3v) is 8.38. The summed E-state index contributed by atoms with van der Waals surface area (Å²) in [7, 11) is -3.20. The van der Waals surface area contributed by atoms with Crippen LogP contribution in [0.5, 0.6) is 11.6 Å². The minimum absolute atomic E-state index is 0.0322. The highest BCUT2D eigenvalue weighted by Gasteiger charge is 2.33. The summed E-state index contributed by atoms with van der Waals surface area (Å²) < 4.78 is 70.0. The van der Waals surface area contributed by atoms with Crippen LogP contribution in [0.3, 0.4) is 0 Å². The van der Waals surface area contributed by atoms with Crippen molar-refractivity contribution in [3.63, 3.8) is 0 Å². The van der Waals surface area contributed by atoms with E-state index in [-0.39, 0.29) is 72.2 Å². The number of aromatic nitrogens is 2. The Hall–Kier alpha value is -4.00. The zero-order chi connectivity index (χ0) is 29.2. The average molecular weight is 589 g/mol. The minimum Gasteiger partial charge on any atom is -0.439 e. The van der Waals surface area contributed by atoms with Crippen LogP contribution >= 0.6 is 0 Å². The molecule has 3 aromatic rings. The summed E-state index contributed by atoms with van der Waals surface area (Å²) in [5.74, 6) is 0.399. The fourth-order valence-corrected chi connectivity index (χ4v) is 5.63. The van der Waals surface area contributed by atoms with E-state index in [0.717, 1.165) is 25.0 Å². The van der Waals surface area contributed by atoms with Gasteiger partial charge in [0.15, 0.2) is 9.84 Å². The van der Waals surface area contributed by atoms with Crippen molar-refractivity contribution in [3.05, 3.63) is 71.5 Å². The number of Topliss-reactive ketones (excluding diaryl/α,β-unsaturated/α-hetero) is 1. The highest BCUT2D eigenvalue weighted by atomic mass is 32.2. The largest absolute Gasteiger partial charge is 0.439 e. The predicted molar refractivity (Wildman–Crippen MR) is 145 cm³/mol. The van der Waals surface area contributed by atoms with E-state index in [1.54, 1.807) is 29.2 Å². The summed E-state index contributed by atoms with van der Waals surface area (Å²) in [6.07, 6.45) is -0.203. The number of carbonyl (C=O) groups is 2. The number of nitrogens with zero attached hydrogens (tertiary/aromatic N) is 3. The Morgan fingerprint density at radius 1 is 0.976 bits per heavy atom. The summed E-state index contributed by atoms with van der Waals surface area (Å²) in [6, 6.07) is 9.84. The quantitative estimate of drug-likeness (QED) is 0.395. The minimum atomic E-state index is -4.62. The van der Waals surface area contributed by atoms with Crippen molar-refractivity contribution in [1.82, 2.24) is 9.97 Å². The van der Waals surface area contributed by atoms with Crippen LogP contribution in [0, 0.1) is 5.92 Å². The molecular weight excluding hydrogens is 561 g/mol. The normalized spacial score (nSPS) is 16.7. The smallest absolute Gasteiger partial charge is 0.416 e. The number of ether oxygens (including phenoxy) is 1. The molecule has 13 heteroatoms. The fraction of sp³-hybridized carbons (Fsp3) is 0.357. The molecule has 216 valence electrons. The molecule has 3 heterocycles. The molecule has 1 saturated heterocycles. The lowest BCUT2D eigenvalue weighted by Gasteiger charge is -2.29. The van der Waals surface area contributed by atoms with E-state index >= 15 is 0 Å². The second-order valence-electron chi connectivity index (χ2n) is 10.2. The second-order valence-corrected chi connectivity index (χ2v) is 12.5. The number of amides is 1. The Morgan fingerprint density at radius 3 is 2.37 bits per heavy atom. The molecule has 0 unspecified atom stereocenters. The van der Waals surface area contributed by atoms with Crippen molar-refractivity contribution in [2.24, 2.45) is 5.92 Å². The van der Waals surface area contributed by atoms with E-state index in [0.29, 0.717) is 17.1 Å². The van der Waals surface area contributed by atoms with Crippen LogP contribution in [-0.4, -0.2) is 54.7 Å². The standard InChI is InChI=1S/C28H27F3N4O5S/c29-28(30,31)21-11-19(12-22(15-21)35-7-9-41(38,39)10-8-35)14-23(36)13-18-1-4-26(33-17-18)40-24-5-6-32-25(16-24)34-27(37)20-2-3-20/h1,4-6,11-12,15-17,20H,2-3,7-10,13-14H2,(H,32,34,37). The molecule has 1 aromatic carbocycles. The molecule has 1 N–H and O–H groups in total. The van der Waals surface area contributed by atoms with Crippen LogP contribution in [-0.2, 0) is 38.4 Å². The van der Waals surface area contributed by atoms with Crippen LogP contribution in [0.15, 0.2) is 54.9 Å². The lowest BCUT2D eigenvalue weighted by atomic mass is 10.0. The summed E-state index contributed by atoms with van der Waals surface area (Å²) in [4.78, 5) is 34.7. The summed E-state index contributed by atoms with van der Waals surface area (Å²) >= 11 is 0. The van der Waals surface area contributed by atoms with Crippen molar-refractivity contribution >= 4 is 33.0 Å². The Bertz CT molecular complexity index is 1540. The number of sulfone groups is 1. The molecule has 1 aliphatic carbocycles. The van der Waals surface area contributed by atoms with Gasteiger partial charge < -0.3 is 15.0 Å². The lowest BCUT2D eigenvalue weighted by molar-refractivity contribution is -0.137. The zero-order valence-corrected chi connectivity index (χ0v) is 22.7. The van der Waals surface area contributed by atoms with Crippen LogP contribution in [0.1, 0.15) is 29.5 Å². The number of pyridine rings is 2. The molecule has 1 saturated carbocycles. The first kappa shape index (κ1) is 28.5. The van der Waals surface area contributed by atoms with Gasteiger partial charge in [-0.1, -0.05) is 6.07 Å². The number of ketones is 1. The zero-order valence-electron chi connectivity index (χ0n) is 21.9. The number of benzene rings is 1. The van der Waals surface area contributed by atoms with Crippen molar-refractivity contribution in [1.29, 1.82) is 0 Å². The summed E-state index contributed by atoms with van der Waals surface area (Å²) in [5, 5.41) is 2.74.